The summed E-state index contributed by atoms with van der Waals surface area (Å²) in [7, 11) is 3.75. The molecule has 2 aromatic rings. The van der Waals surface area contributed by atoms with E-state index in [1.165, 1.54) is 9.75 Å². The van der Waals surface area contributed by atoms with Crippen LogP contribution in [0.5, 0.6) is 0 Å². The SMILES string of the molecule is Cc1ccc(CN(C)C(=O)[C@H]2CCO[C@@H]2c2cnn(C)c2)s1. The fourth-order valence-electron chi connectivity index (χ4n) is 2.92. The van der Waals surface area contributed by atoms with E-state index in [0.717, 1.165) is 12.0 Å². The molecular formula is C16H21N3O2S. The van der Waals surface area contributed by atoms with Crippen LogP contribution in [0.2, 0.25) is 0 Å². The van der Waals surface area contributed by atoms with Crippen molar-refractivity contribution in [3.8, 4) is 0 Å². The zero-order valence-corrected chi connectivity index (χ0v) is 14.0. The van der Waals surface area contributed by atoms with Gasteiger partial charge in [-0.1, -0.05) is 0 Å². The first-order chi connectivity index (χ1) is 10.5. The smallest absolute Gasteiger partial charge is 0.228 e. The second-order valence-electron chi connectivity index (χ2n) is 5.84. The van der Waals surface area contributed by atoms with Crippen molar-refractivity contribution < 1.29 is 9.53 Å². The van der Waals surface area contributed by atoms with E-state index in [4.69, 9.17) is 4.74 Å². The van der Waals surface area contributed by atoms with Crippen molar-refractivity contribution in [3.63, 3.8) is 0 Å². The van der Waals surface area contributed by atoms with Crippen molar-refractivity contribution in [2.45, 2.75) is 26.0 Å². The summed E-state index contributed by atoms with van der Waals surface area (Å²) in [5.41, 5.74) is 0.985. The average Bonchev–Trinajstić information content (AvgIpc) is 3.18. The lowest BCUT2D eigenvalue weighted by Gasteiger charge is -2.23. The van der Waals surface area contributed by atoms with Crippen molar-refractivity contribution in [1.82, 2.24) is 14.7 Å². The van der Waals surface area contributed by atoms with Gasteiger partial charge in [-0.25, -0.2) is 0 Å². The Bertz CT molecular complexity index is 664. The maximum atomic E-state index is 12.8. The highest BCUT2D eigenvalue weighted by molar-refractivity contribution is 7.11. The number of ether oxygens (including phenoxy) is 1. The van der Waals surface area contributed by atoms with E-state index >= 15 is 0 Å². The fourth-order valence-corrected chi connectivity index (χ4v) is 3.87. The number of carbonyl (C=O) groups excluding carboxylic acids is 1. The predicted molar refractivity (Wildman–Crippen MR) is 85.5 cm³/mol. The standard InChI is InChI=1S/C16H21N3O2S/c1-11-4-5-13(22-11)10-18(2)16(20)14-6-7-21-15(14)12-8-17-19(3)9-12/h4-5,8-9,14-15H,6-7,10H2,1-3H3/t14-,15+/m0/s1. The van der Waals surface area contributed by atoms with Crippen LogP contribution in [-0.4, -0.2) is 34.2 Å². The lowest BCUT2D eigenvalue weighted by atomic mass is 9.96. The van der Waals surface area contributed by atoms with Gasteiger partial charge >= 0.3 is 0 Å². The minimum atomic E-state index is -0.172. The number of hydrogen-bond acceptors (Lipinski definition) is 4. The maximum absolute atomic E-state index is 12.8. The predicted octanol–water partition coefficient (Wildman–Crippen LogP) is 2.53. The zero-order valence-electron chi connectivity index (χ0n) is 13.2. The van der Waals surface area contributed by atoms with Crippen molar-refractivity contribution in [3.05, 3.63) is 39.8 Å². The zero-order chi connectivity index (χ0) is 15.7. The molecule has 3 heterocycles. The molecule has 0 radical (unpaired) electrons. The fraction of sp³-hybridized carbons (Fsp3) is 0.500. The highest BCUT2D eigenvalue weighted by Crippen LogP contribution is 2.35. The van der Waals surface area contributed by atoms with Gasteiger partial charge in [0.1, 0.15) is 0 Å². The molecule has 0 unspecified atom stereocenters. The van der Waals surface area contributed by atoms with Gasteiger partial charge in [-0.15, -0.1) is 11.3 Å². The first-order valence-corrected chi connectivity index (χ1v) is 8.26. The molecule has 1 saturated heterocycles. The summed E-state index contributed by atoms with van der Waals surface area (Å²) in [4.78, 5) is 17.1. The second kappa shape index (κ2) is 6.22. The first-order valence-electron chi connectivity index (χ1n) is 7.45. The molecule has 0 aliphatic carbocycles. The van der Waals surface area contributed by atoms with E-state index in [1.54, 1.807) is 22.2 Å². The van der Waals surface area contributed by atoms with Crippen LogP contribution in [0.4, 0.5) is 0 Å². The topological polar surface area (TPSA) is 47.4 Å². The van der Waals surface area contributed by atoms with Gasteiger partial charge in [0.05, 0.1) is 24.8 Å². The molecule has 5 nitrogen and oxygen atoms in total. The van der Waals surface area contributed by atoms with E-state index < -0.39 is 0 Å². The number of aryl methyl sites for hydroxylation is 2. The van der Waals surface area contributed by atoms with Crippen molar-refractivity contribution in [2.75, 3.05) is 13.7 Å². The van der Waals surface area contributed by atoms with Crippen molar-refractivity contribution in [1.29, 1.82) is 0 Å². The summed E-state index contributed by atoms with van der Waals surface area (Å²) in [6, 6.07) is 4.18. The largest absolute Gasteiger partial charge is 0.373 e. The van der Waals surface area contributed by atoms with Gasteiger partial charge in [-0.3, -0.25) is 9.48 Å². The Balaban J connectivity index is 1.70. The highest BCUT2D eigenvalue weighted by atomic mass is 32.1. The first kappa shape index (κ1) is 15.2. The molecule has 118 valence electrons. The monoisotopic (exact) mass is 319 g/mol. The molecule has 1 aliphatic rings. The molecule has 0 N–H and O–H groups in total. The van der Waals surface area contributed by atoms with Crippen LogP contribution in [0.15, 0.2) is 24.5 Å². The molecule has 0 aromatic carbocycles. The summed E-state index contributed by atoms with van der Waals surface area (Å²) in [6.45, 7) is 3.37. The van der Waals surface area contributed by atoms with Gasteiger partial charge in [0.25, 0.3) is 0 Å². The Morgan fingerprint density at radius 3 is 3.00 bits per heavy atom. The Kier molecular flexibility index (Phi) is 4.31. The number of thiophene rings is 1. The molecule has 3 rings (SSSR count). The Morgan fingerprint density at radius 1 is 1.55 bits per heavy atom. The minimum Gasteiger partial charge on any atom is -0.373 e. The Hall–Kier alpha value is -1.66. The average molecular weight is 319 g/mol. The molecule has 22 heavy (non-hydrogen) atoms. The van der Waals surface area contributed by atoms with Crippen LogP contribution in [0.3, 0.4) is 0 Å². The normalized spacial score (nSPS) is 21.2. The molecule has 1 fully saturated rings. The van der Waals surface area contributed by atoms with Crippen molar-refractivity contribution >= 4 is 17.2 Å². The second-order valence-corrected chi connectivity index (χ2v) is 7.21. The number of hydrogen-bond donors (Lipinski definition) is 0. The van der Waals surface area contributed by atoms with Gasteiger partial charge in [0, 0.05) is 42.2 Å². The van der Waals surface area contributed by atoms with Crippen LogP contribution < -0.4 is 0 Å². The number of nitrogens with zero attached hydrogens (tertiary/aromatic N) is 3. The summed E-state index contributed by atoms with van der Waals surface area (Å²) in [6.07, 6.45) is 4.32. The van der Waals surface area contributed by atoms with Gasteiger partial charge < -0.3 is 9.64 Å². The van der Waals surface area contributed by atoms with Crippen LogP contribution in [0, 0.1) is 12.8 Å². The molecule has 0 saturated carbocycles. The van der Waals surface area contributed by atoms with Crippen LogP contribution in [0.1, 0.15) is 27.8 Å². The van der Waals surface area contributed by atoms with E-state index in [0.29, 0.717) is 13.2 Å². The van der Waals surface area contributed by atoms with E-state index in [1.807, 2.05) is 25.2 Å². The third kappa shape index (κ3) is 3.08. The van der Waals surface area contributed by atoms with E-state index in [9.17, 15) is 4.79 Å². The lowest BCUT2D eigenvalue weighted by Crippen LogP contribution is -2.33. The van der Waals surface area contributed by atoms with Gasteiger partial charge in [0.2, 0.25) is 5.91 Å². The van der Waals surface area contributed by atoms with Gasteiger partial charge in [0.15, 0.2) is 0 Å². The number of carbonyl (C=O) groups is 1. The number of rotatable bonds is 4. The highest BCUT2D eigenvalue weighted by Gasteiger charge is 2.37. The Labute approximate surface area is 134 Å². The third-order valence-electron chi connectivity index (χ3n) is 4.03. The molecule has 0 bridgehead atoms. The molecule has 1 amide bonds. The van der Waals surface area contributed by atoms with E-state index in [2.05, 4.69) is 24.2 Å². The summed E-state index contributed by atoms with van der Waals surface area (Å²) >= 11 is 1.74. The maximum Gasteiger partial charge on any atom is 0.228 e. The molecule has 6 heteroatoms. The summed E-state index contributed by atoms with van der Waals surface area (Å²) < 4.78 is 7.54. The van der Waals surface area contributed by atoms with Gasteiger partial charge in [-0.2, -0.15) is 5.10 Å². The molecule has 0 spiro atoms. The number of aromatic nitrogens is 2. The van der Waals surface area contributed by atoms with Crippen molar-refractivity contribution in [2.24, 2.45) is 13.0 Å². The van der Waals surface area contributed by atoms with Crippen LogP contribution in [0.25, 0.3) is 0 Å². The van der Waals surface area contributed by atoms with Crippen LogP contribution >= 0.6 is 11.3 Å². The summed E-state index contributed by atoms with van der Waals surface area (Å²) in [5.74, 6) is 0.0349. The molecular weight excluding hydrogens is 298 g/mol. The minimum absolute atomic E-state index is 0.116. The third-order valence-corrected chi connectivity index (χ3v) is 5.01. The molecule has 1 aliphatic heterocycles. The Morgan fingerprint density at radius 2 is 2.36 bits per heavy atom. The molecule has 2 atom stereocenters. The van der Waals surface area contributed by atoms with Gasteiger partial charge in [-0.05, 0) is 25.5 Å². The number of amides is 1. The summed E-state index contributed by atoms with van der Waals surface area (Å²) in [5, 5.41) is 4.18. The quantitative estimate of drug-likeness (QED) is 0.870. The lowest BCUT2D eigenvalue weighted by molar-refractivity contribution is -0.136. The van der Waals surface area contributed by atoms with E-state index in [-0.39, 0.29) is 17.9 Å². The van der Waals surface area contributed by atoms with Crippen LogP contribution in [-0.2, 0) is 23.1 Å². The molecule has 2 aromatic heterocycles.